The number of aromatic nitrogens is 2. The highest BCUT2D eigenvalue weighted by Crippen LogP contribution is 2.35. The van der Waals surface area contributed by atoms with Crippen LogP contribution in [-0.2, 0) is 32.0 Å². The number of carboxylic acids is 1. The number of amides is 3. The van der Waals surface area contributed by atoms with Gasteiger partial charge in [-0.25, -0.2) is 14.8 Å². The van der Waals surface area contributed by atoms with Crippen LogP contribution >= 0.6 is 0 Å². The van der Waals surface area contributed by atoms with Crippen molar-refractivity contribution in [3.05, 3.63) is 95.3 Å². The first-order valence-electron chi connectivity index (χ1n) is 25.5. The van der Waals surface area contributed by atoms with E-state index in [1.54, 1.807) is 17.0 Å². The van der Waals surface area contributed by atoms with Gasteiger partial charge in [0.15, 0.2) is 0 Å². The molecule has 0 saturated carbocycles. The molecule has 17 nitrogen and oxygen atoms in total. The zero-order valence-corrected chi connectivity index (χ0v) is 42.5. The summed E-state index contributed by atoms with van der Waals surface area (Å²) in [6, 6.07) is 21.5. The summed E-state index contributed by atoms with van der Waals surface area (Å²) in [4.78, 5) is 66.8. The van der Waals surface area contributed by atoms with E-state index in [1.165, 1.54) is 55.3 Å². The summed E-state index contributed by atoms with van der Waals surface area (Å²) in [6.45, 7) is 18.7. The van der Waals surface area contributed by atoms with Gasteiger partial charge in [-0.1, -0.05) is 52.0 Å². The summed E-state index contributed by atoms with van der Waals surface area (Å²) in [5.74, 6) is -1.78. The van der Waals surface area contributed by atoms with Crippen molar-refractivity contribution in [2.24, 2.45) is 11.8 Å². The Morgan fingerprint density at radius 1 is 0.718 bits per heavy atom. The van der Waals surface area contributed by atoms with Crippen molar-refractivity contribution in [1.29, 1.82) is 0 Å². The fraction of sp³-hybridized carbons (Fsp3) is 0.509. The summed E-state index contributed by atoms with van der Waals surface area (Å²) in [7, 11) is 3.36. The normalized spacial score (nSPS) is 20.6. The molecule has 4 aliphatic heterocycles. The fourth-order valence-corrected chi connectivity index (χ4v) is 9.25. The summed E-state index contributed by atoms with van der Waals surface area (Å²) < 4.78 is 15.5. The van der Waals surface area contributed by atoms with Crippen LogP contribution in [0.15, 0.2) is 73.1 Å². The molecule has 4 aliphatic rings. The monoisotopic (exact) mass is 982 g/mol. The Balaban J connectivity index is 0.000000214. The summed E-state index contributed by atoms with van der Waals surface area (Å²) in [6.07, 6.45) is 8.66. The number of rotatable bonds is 8. The van der Waals surface area contributed by atoms with Crippen LogP contribution in [0.2, 0.25) is 0 Å². The second-order valence-electron chi connectivity index (χ2n) is 19.0. The molecule has 8 N–H and O–H groups in total. The van der Waals surface area contributed by atoms with E-state index < -0.39 is 30.8 Å². The van der Waals surface area contributed by atoms with E-state index in [2.05, 4.69) is 122 Å². The molecule has 4 fully saturated rings. The Hall–Kier alpha value is -6.37. The van der Waals surface area contributed by atoms with Crippen LogP contribution in [0.3, 0.4) is 0 Å². The number of carbonyl (C=O) groups excluding carboxylic acids is 3. The third-order valence-corrected chi connectivity index (χ3v) is 13.7. The molecular weight excluding hydrogens is 904 g/mol. The smallest absolute Gasteiger partial charge is 0.394 e. The first-order chi connectivity index (χ1) is 34.5. The SMILES string of the molecule is CCc1cc(NC(=O)C(=O)N2C[C@@H](C)CC[C@@H]2c2cccc(N3CCN(C)CC3)c2)cnc1N.CCc1cc(NC(=O)C(=O)O)cnc1N.C[C@H]1CC[C@H](c2cccc(N3CCN(C)CC3)c2)NC1.[2H]CF. The van der Waals surface area contributed by atoms with Crippen LogP contribution in [0.25, 0.3) is 0 Å². The molecule has 71 heavy (non-hydrogen) atoms. The zero-order chi connectivity index (χ0) is 52.3. The number of alkyl halides is 1. The van der Waals surface area contributed by atoms with E-state index in [0.717, 1.165) is 81.3 Å². The fourth-order valence-electron chi connectivity index (χ4n) is 9.25. The predicted molar refractivity (Wildman–Crippen MR) is 282 cm³/mol. The molecular formula is C53H77FN12O5. The average Bonchev–Trinajstić information content (AvgIpc) is 3.38. The van der Waals surface area contributed by atoms with Gasteiger partial charge >= 0.3 is 23.7 Å². The van der Waals surface area contributed by atoms with Crippen LogP contribution in [-0.4, -0.2) is 140 Å². The first-order valence-corrected chi connectivity index (χ1v) is 24.8. The molecule has 0 bridgehead atoms. The summed E-state index contributed by atoms with van der Waals surface area (Å²) >= 11 is 0. The Labute approximate surface area is 420 Å². The second-order valence-corrected chi connectivity index (χ2v) is 19.0. The molecule has 0 spiro atoms. The molecule has 2 aromatic heterocycles. The van der Waals surface area contributed by atoms with Gasteiger partial charge in [0, 0.05) is 76.3 Å². The van der Waals surface area contributed by atoms with Crippen LogP contribution in [0, 0.1) is 11.8 Å². The number of carboxylic acid groups (broad SMARTS) is 1. The molecule has 3 amide bonds. The molecule has 0 aliphatic carbocycles. The quantitative estimate of drug-likeness (QED) is 0.108. The lowest BCUT2D eigenvalue weighted by Crippen LogP contribution is -2.46. The van der Waals surface area contributed by atoms with Gasteiger partial charge in [-0.3, -0.25) is 18.8 Å². The van der Waals surface area contributed by atoms with Crippen molar-refractivity contribution in [3.63, 3.8) is 0 Å². The van der Waals surface area contributed by atoms with Crippen molar-refractivity contribution >= 4 is 58.1 Å². The molecule has 2 aromatic carbocycles. The number of pyridine rings is 2. The molecule has 4 saturated heterocycles. The number of benzene rings is 2. The van der Waals surface area contributed by atoms with Gasteiger partial charge in [0.2, 0.25) is 0 Å². The molecule has 4 aromatic rings. The molecule has 18 heteroatoms. The Kier molecular flexibility index (Phi) is 20.7. The number of halogens is 1. The number of piperidine rings is 2. The molecule has 6 heterocycles. The zero-order valence-electron chi connectivity index (χ0n) is 43.5. The highest BCUT2D eigenvalue weighted by Gasteiger charge is 2.35. The number of piperazine rings is 2. The minimum Gasteiger partial charge on any atom is -0.474 e. The average molecular weight is 982 g/mol. The van der Waals surface area contributed by atoms with E-state index >= 15 is 0 Å². The largest absolute Gasteiger partial charge is 0.474 e. The maximum Gasteiger partial charge on any atom is 0.394 e. The number of anilines is 6. The molecule has 0 radical (unpaired) electrons. The minimum absolute atomic E-state index is 0.113. The van der Waals surface area contributed by atoms with E-state index in [0.29, 0.717) is 54.4 Å². The maximum absolute atomic E-state index is 13.3. The van der Waals surface area contributed by atoms with Crippen LogP contribution in [0.5, 0.6) is 0 Å². The third-order valence-electron chi connectivity index (χ3n) is 13.7. The lowest BCUT2D eigenvalue weighted by Gasteiger charge is -2.39. The predicted octanol–water partition coefficient (Wildman–Crippen LogP) is 6.25. The van der Waals surface area contributed by atoms with E-state index in [-0.39, 0.29) is 6.04 Å². The number of likely N-dealkylation sites (N-methyl/N-ethyl adjacent to an activating group) is 2. The lowest BCUT2D eigenvalue weighted by atomic mass is 9.89. The first kappa shape index (κ1) is 54.0. The highest BCUT2D eigenvalue weighted by molar-refractivity contribution is 6.39. The third kappa shape index (κ3) is 16.1. The Morgan fingerprint density at radius 3 is 1.68 bits per heavy atom. The number of aliphatic carboxylic acids is 1. The number of nitrogens with zero attached hydrogens (tertiary/aromatic N) is 7. The number of hydrogen-bond donors (Lipinski definition) is 6. The number of hydrogen-bond acceptors (Lipinski definition) is 13. The van der Waals surface area contributed by atoms with Crippen molar-refractivity contribution < 1.29 is 30.0 Å². The number of nitrogens with one attached hydrogen (secondary N) is 3. The standard InChI is InChI=1S/C26H36N6O2.C17H27N3.C9H11N3O3.CH3F/c1-4-19-14-21(16-28-24(19)27)29-25(33)26(34)32-17-18(2)8-9-23(32)20-6-5-7-22(15-20)31-12-10-30(3)11-13-31;1-14-6-7-17(18-13-14)15-4-3-5-16(12-15)20-10-8-19(2)9-11-20;1-2-5-3-6(4-11-7(5)10)12-8(13)9(14)15;1-2/h5-7,14-16,18,23H,4,8-13,17H2,1-3H3,(H2,27,28)(H,29,33);3-5,12,14,17-18H,6-11,13H2,1-2H3;3-4H,2H2,1H3,(H2,10,11)(H,12,13)(H,14,15);1H3/t18-,23+;14-,17+;;/m00../s1/i;;;1D. The van der Waals surface area contributed by atoms with Gasteiger partial charge in [0.25, 0.3) is 0 Å². The number of aryl methyl sites for hydroxylation is 2. The highest BCUT2D eigenvalue weighted by atomic mass is 19.1. The van der Waals surface area contributed by atoms with Crippen LogP contribution < -0.4 is 37.2 Å². The molecule has 4 atom stereocenters. The Morgan fingerprint density at radius 2 is 1.20 bits per heavy atom. The number of likely N-dealkylation sites (tertiary alicyclic amines) is 1. The van der Waals surface area contributed by atoms with E-state index in [4.69, 9.17) is 17.9 Å². The number of carbonyl (C=O) groups is 4. The van der Waals surface area contributed by atoms with Crippen LogP contribution in [0.1, 0.15) is 89.1 Å². The number of nitrogens with two attached hydrogens (primary N) is 2. The lowest BCUT2D eigenvalue weighted by molar-refractivity contribution is -0.147. The van der Waals surface area contributed by atoms with Crippen molar-refractivity contribution in [2.75, 3.05) is 119 Å². The number of nitrogen functional groups attached to an aromatic ring is 2. The van der Waals surface area contributed by atoms with Gasteiger partial charge in [-0.2, -0.15) is 0 Å². The maximum atomic E-state index is 13.3. The topological polar surface area (TPSA) is 219 Å². The Bertz CT molecular complexity index is 2350. The van der Waals surface area contributed by atoms with Gasteiger partial charge in [0.1, 0.15) is 11.6 Å². The summed E-state index contributed by atoms with van der Waals surface area (Å²) in [5.41, 5.74) is 19.0. The van der Waals surface area contributed by atoms with Crippen LogP contribution in [0.4, 0.5) is 38.8 Å². The van der Waals surface area contributed by atoms with Gasteiger partial charge < -0.3 is 57.0 Å². The second kappa shape index (κ2) is 27.3. The van der Waals surface area contributed by atoms with Crippen molar-refractivity contribution in [3.8, 4) is 0 Å². The van der Waals surface area contributed by atoms with Gasteiger partial charge in [-0.05, 0) is 130 Å². The summed E-state index contributed by atoms with van der Waals surface area (Å²) in [5, 5.41) is 17.0. The van der Waals surface area contributed by atoms with E-state index in [9.17, 15) is 23.6 Å². The van der Waals surface area contributed by atoms with Crippen molar-refractivity contribution in [2.45, 2.75) is 78.3 Å². The minimum atomic E-state index is -1.54. The van der Waals surface area contributed by atoms with Crippen molar-refractivity contribution in [1.82, 2.24) is 30.0 Å². The molecule has 386 valence electrons. The van der Waals surface area contributed by atoms with E-state index in [1.807, 2.05) is 13.8 Å². The van der Waals surface area contributed by atoms with Gasteiger partial charge in [0.05, 0.1) is 38.3 Å². The molecule has 8 rings (SSSR count). The van der Waals surface area contributed by atoms with Gasteiger partial charge in [-0.15, -0.1) is 0 Å². The molecule has 0 unspecified atom stereocenters.